The maximum atomic E-state index is 3.50. The maximum absolute atomic E-state index is 3.50. The van der Waals surface area contributed by atoms with Crippen LogP contribution in [0.2, 0.25) is 0 Å². The first-order chi connectivity index (χ1) is 9.19. The lowest BCUT2D eigenvalue weighted by atomic mass is 10.0. The van der Waals surface area contributed by atoms with Crippen molar-refractivity contribution < 1.29 is 0 Å². The summed E-state index contributed by atoms with van der Waals surface area (Å²) in [4.78, 5) is 7.58. The Labute approximate surface area is 119 Å². The molecular weight excluding hydrogens is 236 g/mol. The van der Waals surface area contributed by atoms with Crippen LogP contribution in [-0.2, 0) is 0 Å². The van der Waals surface area contributed by atoms with Gasteiger partial charge in [0, 0.05) is 51.9 Å². The Morgan fingerprint density at radius 1 is 1.05 bits per heavy atom. The van der Waals surface area contributed by atoms with Gasteiger partial charge in [0.15, 0.2) is 0 Å². The van der Waals surface area contributed by atoms with E-state index in [0.717, 1.165) is 12.0 Å². The molecule has 0 amide bonds. The lowest BCUT2D eigenvalue weighted by Crippen LogP contribution is -2.50. The van der Waals surface area contributed by atoms with Crippen LogP contribution in [0.25, 0.3) is 0 Å². The van der Waals surface area contributed by atoms with Crippen LogP contribution in [0.15, 0.2) is 0 Å². The third-order valence-corrected chi connectivity index (χ3v) is 4.85. The molecule has 19 heavy (non-hydrogen) atoms. The Kier molecular flexibility index (Phi) is 6.07. The molecule has 4 nitrogen and oxygen atoms in total. The molecular formula is C15H32N4. The molecule has 1 saturated carbocycles. The number of piperazine rings is 1. The van der Waals surface area contributed by atoms with E-state index in [-0.39, 0.29) is 0 Å². The fourth-order valence-corrected chi connectivity index (χ4v) is 3.50. The van der Waals surface area contributed by atoms with Crippen LogP contribution in [0.5, 0.6) is 0 Å². The van der Waals surface area contributed by atoms with Crippen molar-refractivity contribution in [2.45, 2.75) is 25.3 Å². The van der Waals surface area contributed by atoms with Crippen molar-refractivity contribution in [3.05, 3.63) is 0 Å². The Bertz CT molecular complexity index is 249. The smallest absolute Gasteiger partial charge is 0.0110 e. The van der Waals surface area contributed by atoms with Crippen molar-refractivity contribution in [1.82, 2.24) is 20.0 Å². The molecule has 2 fully saturated rings. The highest BCUT2D eigenvalue weighted by atomic mass is 15.3. The predicted molar refractivity (Wildman–Crippen MR) is 81.6 cm³/mol. The minimum absolute atomic E-state index is 0.770. The van der Waals surface area contributed by atoms with Crippen molar-refractivity contribution >= 4 is 0 Å². The van der Waals surface area contributed by atoms with Crippen LogP contribution < -0.4 is 5.32 Å². The van der Waals surface area contributed by atoms with E-state index in [4.69, 9.17) is 0 Å². The second-order valence-corrected chi connectivity index (χ2v) is 6.53. The second kappa shape index (κ2) is 7.58. The number of nitrogens with one attached hydrogen (secondary N) is 1. The number of rotatable bonds is 6. The van der Waals surface area contributed by atoms with Crippen LogP contribution in [0.1, 0.15) is 19.3 Å². The number of nitrogens with zero attached hydrogens (tertiary/aromatic N) is 3. The zero-order valence-electron chi connectivity index (χ0n) is 13.1. The van der Waals surface area contributed by atoms with Gasteiger partial charge in [-0.1, -0.05) is 6.42 Å². The molecule has 2 unspecified atom stereocenters. The van der Waals surface area contributed by atoms with E-state index < -0.39 is 0 Å². The molecule has 1 saturated heterocycles. The summed E-state index contributed by atoms with van der Waals surface area (Å²) in [5.74, 6) is 0.887. The topological polar surface area (TPSA) is 21.8 Å². The lowest BCUT2D eigenvalue weighted by molar-refractivity contribution is 0.109. The molecule has 4 heteroatoms. The molecule has 2 aliphatic rings. The van der Waals surface area contributed by atoms with Crippen LogP contribution in [0, 0.1) is 5.92 Å². The summed E-state index contributed by atoms with van der Waals surface area (Å²) < 4.78 is 0. The van der Waals surface area contributed by atoms with E-state index in [0.29, 0.717) is 0 Å². The van der Waals surface area contributed by atoms with Crippen LogP contribution in [0.4, 0.5) is 0 Å². The van der Waals surface area contributed by atoms with Crippen LogP contribution in [-0.4, -0.2) is 87.7 Å². The van der Waals surface area contributed by atoms with E-state index in [9.17, 15) is 0 Å². The summed E-state index contributed by atoms with van der Waals surface area (Å²) in [6.45, 7) is 8.76. The first-order valence-corrected chi connectivity index (χ1v) is 7.95. The molecule has 1 aliphatic heterocycles. The van der Waals surface area contributed by atoms with Gasteiger partial charge in [-0.05, 0) is 39.9 Å². The Morgan fingerprint density at radius 3 is 2.37 bits per heavy atom. The van der Waals surface area contributed by atoms with Crippen LogP contribution >= 0.6 is 0 Å². The van der Waals surface area contributed by atoms with E-state index in [1.807, 2.05) is 0 Å². The van der Waals surface area contributed by atoms with Gasteiger partial charge in [-0.25, -0.2) is 0 Å². The Balaban J connectivity index is 1.66. The average Bonchev–Trinajstić information content (AvgIpc) is 2.85. The van der Waals surface area contributed by atoms with Gasteiger partial charge in [-0.2, -0.15) is 0 Å². The SMILES string of the molecule is CNC1CCCC1CN1CCN(CCN(C)C)CC1. The third kappa shape index (κ3) is 4.71. The first kappa shape index (κ1) is 15.2. The van der Waals surface area contributed by atoms with Gasteiger partial charge in [0.2, 0.25) is 0 Å². The summed E-state index contributed by atoms with van der Waals surface area (Å²) in [5, 5.41) is 3.50. The van der Waals surface area contributed by atoms with Crippen molar-refractivity contribution in [3.63, 3.8) is 0 Å². The van der Waals surface area contributed by atoms with Crippen molar-refractivity contribution in [3.8, 4) is 0 Å². The second-order valence-electron chi connectivity index (χ2n) is 6.53. The normalized spacial score (nSPS) is 30.3. The molecule has 1 heterocycles. The molecule has 0 aromatic rings. The Hall–Kier alpha value is -0.160. The van der Waals surface area contributed by atoms with E-state index >= 15 is 0 Å². The summed E-state index contributed by atoms with van der Waals surface area (Å²) in [6, 6.07) is 0.770. The molecule has 0 radical (unpaired) electrons. The Morgan fingerprint density at radius 2 is 1.74 bits per heavy atom. The van der Waals surface area contributed by atoms with Crippen molar-refractivity contribution in [2.75, 3.05) is 67.0 Å². The highest BCUT2D eigenvalue weighted by Crippen LogP contribution is 2.26. The van der Waals surface area contributed by atoms with Gasteiger partial charge in [0.1, 0.15) is 0 Å². The highest BCUT2D eigenvalue weighted by molar-refractivity contribution is 4.85. The van der Waals surface area contributed by atoms with E-state index in [2.05, 4.69) is 41.2 Å². The van der Waals surface area contributed by atoms with Crippen molar-refractivity contribution in [1.29, 1.82) is 0 Å². The van der Waals surface area contributed by atoms with Crippen LogP contribution in [0.3, 0.4) is 0 Å². The molecule has 1 N–H and O–H groups in total. The molecule has 112 valence electrons. The predicted octanol–water partition coefficient (Wildman–Crippen LogP) is 0.554. The zero-order chi connectivity index (χ0) is 13.7. The summed E-state index contributed by atoms with van der Waals surface area (Å²) >= 11 is 0. The molecule has 1 aliphatic carbocycles. The molecule has 2 rings (SSSR count). The average molecular weight is 268 g/mol. The first-order valence-electron chi connectivity index (χ1n) is 7.95. The number of likely N-dealkylation sites (N-methyl/N-ethyl adjacent to an activating group) is 1. The molecule has 0 aromatic heterocycles. The third-order valence-electron chi connectivity index (χ3n) is 4.85. The molecule has 0 aromatic carbocycles. The number of hydrogen-bond donors (Lipinski definition) is 1. The fourth-order valence-electron chi connectivity index (χ4n) is 3.50. The van der Waals surface area contributed by atoms with E-state index in [1.54, 1.807) is 0 Å². The summed E-state index contributed by atoms with van der Waals surface area (Å²) in [7, 11) is 6.45. The molecule has 0 spiro atoms. The maximum Gasteiger partial charge on any atom is 0.0110 e. The molecule has 0 bridgehead atoms. The van der Waals surface area contributed by atoms with Gasteiger partial charge < -0.3 is 15.1 Å². The molecule has 2 atom stereocenters. The standard InChI is InChI=1S/C15H32N4/c1-16-15-6-4-5-14(15)13-19-11-9-18(10-12-19)8-7-17(2)3/h14-16H,4-13H2,1-3H3. The van der Waals surface area contributed by atoms with Gasteiger partial charge in [-0.15, -0.1) is 0 Å². The monoisotopic (exact) mass is 268 g/mol. The zero-order valence-corrected chi connectivity index (χ0v) is 13.1. The van der Waals surface area contributed by atoms with Gasteiger partial charge in [0.25, 0.3) is 0 Å². The number of hydrogen-bond acceptors (Lipinski definition) is 4. The summed E-state index contributed by atoms with van der Waals surface area (Å²) in [6.07, 6.45) is 4.22. The minimum Gasteiger partial charge on any atom is -0.317 e. The van der Waals surface area contributed by atoms with E-state index in [1.165, 1.54) is 65.1 Å². The fraction of sp³-hybridized carbons (Fsp3) is 1.00. The minimum atomic E-state index is 0.770. The van der Waals surface area contributed by atoms with Gasteiger partial charge in [0.05, 0.1) is 0 Å². The summed E-state index contributed by atoms with van der Waals surface area (Å²) in [5.41, 5.74) is 0. The van der Waals surface area contributed by atoms with Gasteiger partial charge in [-0.3, -0.25) is 4.90 Å². The van der Waals surface area contributed by atoms with Gasteiger partial charge >= 0.3 is 0 Å². The van der Waals surface area contributed by atoms with Crippen molar-refractivity contribution in [2.24, 2.45) is 5.92 Å². The lowest BCUT2D eigenvalue weighted by Gasteiger charge is -2.37. The highest BCUT2D eigenvalue weighted by Gasteiger charge is 2.28. The largest absolute Gasteiger partial charge is 0.317 e. The quantitative estimate of drug-likeness (QED) is 0.759.